The zero-order valence-corrected chi connectivity index (χ0v) is 11.5. The highest BCUT2D eigenvalue weighted by molar-refractivity contribution is 6.30. The molecule has 1 aromatic carbocycles. The van der Waals surface area contributed by atoms with E-state index < -0.39 is 5.97 Å². The van der Waals surface area contributed by atoms with E-state index in [0.717, 1.165) is 5.56 Å². The lowest BCUT2D eigenvalue weighted by Gasteiger charge is -2.07. The molecule has 0 aliphatic heterocycles. The van der Waals surface area contributed by atoms with Gasteiger partial charge in [0.15, 0.2) is 5.69 Å². The van der Waals surface area contributed by atoms with Crippen molar-refractivity contribution in [2.45, 2.75) is 0 Å². The highest BCUT2D eigenvalue weighted by Gasteiger charge is 2.15. The third-order valence-corrected chi connectivity index (χ3v) is 3.19. The predicted octanol–water partition coefficient (Wildman–Crippen LogP) is 3.29. The third kappa shape index (κ3) is 2.64. The topological polar surface area (TPSA) is 68.0 Å². The first-order valence-corrected chi connectivity index (χ1v) is 6.52. The van der Waals surface area contributed by atoms with E-state index in [1.807, 2.05) is 6.07 Å². The third-order valence-electron chi connectivity index (χ3n) is 2.96. The molecule has 1 N–H and O–H groups in total. The molecule has 5 nitrogen and oxygen atoms in total. The van der Waals surface area contributed by atoms with E-state index >= 15 is 0 Å². The molecular weight excluding hydrogens is 290 g/mol. The molecule has 6 heteroatoms. The van der Waals surface area contributed by atoms with E-state index in [4.69, 9.17) is 16.7 Å². The Morgan fingerprint density at radius 2 is 1.90 bits per heavy atom. The summed E-state index contributed by atoms with van der Waals surface area (Å²) in [5.74, 6) is -1.08. The number of aromatic nitrogens is 3. The number of carbonyl (C=O) groups is 1. The minimum absolute atomic E-state index is 0.0261. The lowest BCUT2D eigenvalue weighted by molar-refractivity contribution is 0.0690. The van der Waals surface area contributed by atoms with Crippen molar-refractivity contribution in [2.75, 3.05) is 0 Å². The molecule has 0 saturated carbocycles. The van der Waals surface area contributed by atoms with E-state index in [9.17, 15) is 4.79 Å². The molecule has 0 atom stereocenters. The molecule has 104 valence electrons. The highest BCUT2D eigenvalue weighted by atomic mass is 35.5. The van der Waals surface area contributed by atoms with Gasteiger partial charge in [0.25, 0.3) is 0 Å². The number of benzene rings is 1. The molecule has 0 radical (unpaired) electrons. The Balaban J connectivity index is 2.21. The highest BCUT2D eigenvalue weighted by Crippen LogP contribution is 2.24. The fourth-order valence-corrected chi connectivity index (χ4v) is 2.20. The maximum atomic E-state index is 11.2. The first-order valence-electron chi connectivity index (χ1n) is 6.15. The normalized spacial score (nSPS) is 10.5. The Labute approximate surface area is 125 Å². The smallest absolute Gasteiger partial charge is 0.356 e. The van der Waals surface area contributed by atoms with Crippen molar-refractivity contribution in [2.24, 2.45) is 0 Å². The average Bonchev–Trinajstić information content (AvgIpc) is 2.93. The van der Waals surface area contributed by atoms with Crippen molar-refractivity contribution in [1.29, 1.82) is 0 Å². The molecule has 0 aliphatic carbocycles. The molecule has 0 saturated heterocycles. The summed E-state index contributed by atoms with van der Waals surface area (Å²) in [6, 6.07) is 12.2. The summed E-state index contributed by atoms with van der Waals surface area (Å²) in [7, 11) is 0. The molecule has 21 heavy (non-hydrogen) atoms. The SMILES string of the molecule is O=C(O)c1cc(-c2ccncc2)n(-c2cccc(Cl)c2)n1. The van der Waals surface area contributed by atoms with Crippen LogP contribution in [0, 0.1) is 0 Å². The lowest BCUT2D eigenvalue weighted by atomic mass is 10.2. The molecule has 3 rings (SSSR count). The van der Waals surface area contributed by atoms with Crippen molar-refractivity contribution in [3.8, 4) is 16.9 Å². The zero-order chi connectivity index (χ0) is 14.8. The van der Waals surface area contributed by atoms with Gasteiger partial charge < -0.3 is 5.11 Å². The molecule has 0 fully saturated rings. The van der Waals surface area contributed by atoms with Gasteiger partial charge in [-0.05, 0) is 36.4 Å². The second kappa shape index (κ2) is 5.38. The van der Waals surface area contributed by atoms with E-state index in [-0.39, 0.29) is 5.69 Å². The molecular formula is C15H10ClN3O2. The Morgan fingerprint density at radius 3 is 2.57 bits per heavy atom. The van der Waals surface area contributed by atoms with Gasteiger partial charge in [0.2, 0.25) is 0 Å². The van der Waals surface area contributed by atoms with Crippen molar-refractivity contribution in [1.82, 2.24) is 14.8 Å². The number of carboxylic acids is 1. The summed E-state index contributed by atoms with van der Waals surface area (Å²) >= 11 is 6.00. The quantitative estimate of drug-likeness (QED) is 0.806. The van der Waals surface area contributed by atoms with Crippen molar-refractivity contribution in [3.63, 3.8) is 0 Å². The summed E-state index contributed by atoms with van der Waals surface area (Å²) in [5, 5.41) is 13.8. The number of carboxylic acid groups (broad SMARTS) is 1. The molecule has 0 amide bonds. The van der Waals surface area contributed by atoms with Crippen LogP contribution in [0.15, 0.2) is 54.9 Å². The van der Waals surface area contributed by atoms with Crippen LogP contribution >= 0.6 is 11.6 Å². The number of nitrogens with zero attached hydrogens (tertiary/aromatic N) is 3. The Kier molecular flexibility index (Phi) is 3.41. The maximum absolute atomic E-state index is 11.2. The fraction of sp³-hybridized carbons (Fsp3) is 0. The van der Waals surface area contributed by atoms with E-state index in [0.29, 0.717) is 16.4 Å². The van der Waals surface area contributed by atoms with Gasteiger partial charge in [-0.2, -0.15) is 5.10 Å². The average molecular weight is 300 g/mol. The second-order valence-corrected chi connectivity index (χ2v) is 4.78. The number of hydrogen-bond donors (Lipinski definition) is 1. The maximum Gasteiger partial charge on any atom is 0.356 e. The van der Waals surface area contributed by atoms with E-state index in [1.165, 1.54) is 6.07 Å². The summed E-state index contributed by atoms with van der Waals surface area (Å²) in [4.78, 5) is 15.1. The Hall–Kier alpha value is -2.66. The molecule has 0 aliphatic rings. The minimum atomic E-state index is -1.08. The van der Waals surface area contributed by atoms with E-state index in [1.54, 1.807) is 47.4 Å². The predicted molar refractivity (Wildman–Crippen MR) is 78.8 cm³/mol. The largest absolute Gasteiger partial charge is 0.476 e. The molecule has 2 aromatic heterocycles. The summed E-state index contributed by atoms with van der Waals surface area (Å²) in [5.41, 5.74) is 2.16. The lowest BCUT2D eigenvalue weighted by Crippen LogP contribution is -2.02. The molecule has 0 unspecified atom stereocenters. The fourth-order valence-electron chi connectivity index (χ4n) is 2.02. The number of pyridine rings is 1. The number of aromatic carboxylic acids is 1. The van der Waals surface area contributed by atoms with Gasteiger partial charge in [-0.15, -0.1) is 0 Å². The van der Waals surface area contributed by atoms with Crippen LogP contribution in [-0.4, -0.2) is 25.8 Å². The van der Waals surface area contributed by atoms with Crippen LogP contribution in [0.5, 0.6) is 0 Å². The van der Waals surface area contributed by atoms with Crippen LogP contribution < -0.4 is 0 Å². The molecule has 2 heterocycles. The second-order valence-electron chi connectivity index (χ2n) is 4.35. The zero-order valence-electron chi connectivity index (χ0n) is 10.8. The minimum Gasteiger partial charge on any atom is -0.476 e. The summed E-state index contributed by atoms with van der Waals surface area (Å²) in [6.45, 7) is 0. The Bertz CT molecular complexity index is 800. The van der Waals surface area contributed by atoms with Crippen LogP contribution in [0.2, 0.25) is 5.02 Å². The molecule has 3 aromatic rings. The molecule has 0 spiro atoms. The summed E-state index contributed by atoms with van der Waals surface area (Å²) in [6.07, 6.45) is 3.29. The van der Waals surface area contributed by atoms with Crippen molar-refractivity contribution < 1.29 is 9.90 Å². The molecule has 0 bridgehead atoms. The standard InChI is InChI=1S/C15H10ClN3O2/c16-11-2-1-3-12(8-11)19-14(9-13(18-19)15(20)21)10-4-6-17-7-5-10/h1-9H,(H,20,21). The van der Waals surface area contributed by atoms with Crippen LogP contribution in [0.4, 0.5) is 0 Å². The monoisotopic (exact) mass is 299 g/mol. The Morgan fingerprint density at radius 1 is 1.14 bits per heavy atom. The van der Waals surface area contributed by atoms with Gasteiger partial charge in [0, 0.05) is 23.0 Å². The van der Waals surface area contributed by atoms with Crippen molar-refractivity contribution in [3.05, 3.63) is 65.6 Å². The summed E-state index contributed by atoms with van der Waals surface area (Å²) < 4.78 is 1.56. The van der Waals surface area contributed by atoms with Crippen LogP contribution in [-0.2, 0) is 0 Å². The van der Waals surface area contributed by atoms with E-state index in [2.05, 4.69) is 10.1 Å². The van der Waals surface area contributed by atoms with Gasteiger partial charge in [0.05, 0.1) is 11.4 Å². The van der Waals surface area contributed by atoms with Crippen LogP contribution in [0.3, 0.4) is 0 Å². The van der Waals surface area contributed by atoms with Gasteiger partial charge in [0.1, 0.15) is 0 Å². The van der Waals surface area contributed by atoms with Gasteiger partial charge >= 0.3 is 5.97 Å². The van der Waals surface area contributed by atoms with Crippen LogP contribution in [0.25, 0.3) is 16.9 Å². The van der Waals surface area contributed by atoms with Crippen molar-refractivity contribution >= 4 is 17.6 Å². The van der Waals surface area contributed by atoms with Gasteiger partial charge in [-0.1, -0.05) is 17.7 Å². The first-order chi connectivity index (χ1) is 10.1. The number of hydrogen-bond acceptors (Lipinski definition) is 3. The number of rotatable bonds is 3. The van der Waals surface area contributed by atoms with Crippen LogP contribution in [0.1, 0.15) is 10.5 Å². The first kappa shape index (κ1) is 13.3. The van der Waals surface area contributed by atoms with Gasteiger partial charge in [-0.25, -0.2) is 9.48 Å². The number of halogens is 1. The van der Waals surface area contributed by atoms with Gasteiger partial charge in [-0.3, -0.25) is 4.98 Å².